The SMILES string of the molecule is CCCCN1CCC(N2C[C@H](COc3ccc(F)cc3)OCC2=O)CC1. The molecule has 0 aromatic heterocycles. The molecule has 144 valence electrons. The Morgan fingerprint density at radius 1 is 1.23 bits per heavy atom. The number of likely N-dealkylation sites (tertiary alicyclic amines) is 1. The Labute approximate surface area is 155 Å². The molecule has 1 amide bonds. The molecule has 2 saturated heterocycles. The van der Waals surface area contributed by atoms with Gasteiger partial charge in [-0.2, -0.15) is 0 Å². The van der Waals surface area contributed by atoms with Gasteiger partial charge >= 0.3 is 0 Å². The summed E-state index contributed by atoms with van der Waals surface area (Å²) in [5, 5.41) is 0. The molecule has 2 aliphatic heterocycles. The summed E-state index contributed by atoms with van der Waals surface area (Å²) in [6.07, 6.45) is 4.37. The molecule has 1 aromatic carbocycles. The zero-order chi connectivity index (χ0) is 18.4. The Bertz CT molecular complexity index is 573. The van der Waals surface area contributed by atoms with Crippen molar-refractivity contribution in [3.8, 4) is 5.75 Å². The zero-order valence-electron chi connectivity index (χ0n) is 15.5. The summed E-state index contributed by atoms with van der Waals surface area (Å²) in [5.74, 6) is 0.408. The van der Waals surface area contributed by atoms with Gasteiger partial charge in [-0.3, -0.25) is 4.79 Å². The predicted octanol–water partition coefficient (Wildman–Crippen LogP) is 2.70. The van der Waals surface area contributed by atoms with Crippen LogP contribution in [0, 0.1) is 5.82 Å². The number of piperidine rings is 1. The van der Waals surface area contributed by atoms with Crippen molar-refractivity contribution in [1.82, 2.24) is 9.80 Å². The van der Waals surface area contributed by atoms with Crippen molar-refractivity contribution < 1.29 is 18.7 Å². The van der Waals surface area contributed by atoms with Crippen molar-refractivity contribution in [1.29, 1.82) is 0 Å². The minimum Gasteiger partial charge on any atom is -0.491 e. The molecule has 5 nitrogen and oxygen atoms in total. The van der Waals surface area contributed by atoms with Crippen molar-refractivity contribution in [3.05, 3.63) is 30.1 Å². The lowest BCUT2D eigenvalue weighted by Gasteiger charge is -2.42. The third kappa shape index (κ3) is 5.17. The summed E-state index contributed by atoms with van der Waals surface area (Å²) in [6.45, 7) is 6.55. The third-order valence-electron chi connectivity index (χ3n) is 5.24. The van der Waals surface area contributed by atoms with Crippen LogP contribution in [0.5, 0.6) is 5.75 Å². The largest absolute Gasteiger partial charge is 0.491 e. The van der Waals surface area contributed by atoms with Crippen LogP contribution in [-0.2, 0) is 9.53 Å². The number of carbonyl (C=O) groups is 1. The fourth-order valence-corrected chi connectivity index (χ4v) is 3.66. The number of hydrogen-bond donors (Lipinski definition) is 0. The zero-order valence-corrected chi connectivity index (χ0v) is 15.5. The smallest absolute Gasteiger partial charge is 0.248 e. The Hall–Kier alpha value is -1.66. The highest BCUT2D eigenvalue weighted by molar-refractivity contribution is 5.78. The number of halogens is 1. The number of benzene rings is 1. The number of carbonyl (C=O) groups excluding carboxylic acids is 1. The van der Waals surface area contributed by atoms with E-state index < -0.39 is 0 Å². The molecular weight excluding hydrogens is 335 g/mol. The van der Waals surface area contributed by atoms with Crippen molar-refractivity contribution >= 4 is 5.91 Å². The van der Waals surface area contributed by atoms with Crippen LogP contribution in [0.25, 0.3) is 0 Å². The fraction of sp³-hybridized carbons (Fsp3) is 0.650. The first-order valence-electron chi connectivity index (χ1n) is 9.67. The van der Waals surface area contributed by atoms with Crippen molar-refractivity contribution in [2.45, 2.75) is 44.8 Å². The highest BCUT2D eigenvalue weighted by Crippen LogP contribution is 2.21. The Morgan fingerprint density at radius 3 is 2.65 bits per heavy atom. The van der Waals surface area contributed by atoms with Crippen LogP contribution in [0.1, 0.15) is 32.6 Å². The molecule has 0 saturated carbocycles. The maximum absolute atomic E-state index is 13.0. The van der Waals surface area contributed by atoms with Crippen molar-refractivity contribution in [2.75, 3.05) is 39.4 Å². The second-order valence-corrected chi connectivity index (χ2v) is 7.17. The molecule has 0 aliphatic carbocycles. The summed E-state index contributed by atoms with van der Waals surface area (Å²) in [7, 11) is 0. The van der Waals surface area contributed by atoms with Crippen molar-refractivity contribution in [3.63, 3.8) is 0 Å². The van der Waals surface area contributed by atoms with Crippen LogP contribution in [0.15, 0.2) is 24.3 Å². The van der Waals surface area contributed by atoms with Gasteiger partial charge in [0.05, 0.1) is 6.54 Å². The van der Waals surface area contributed by atoms with Crippen LogP contribution < -0.4 is 4.74 Å². The van der Waals surface area contributed by atoms with E-state index in [1.54, 1.807) is 12.1 Å². The number of nitrogens with zero attached hydrogens (tertiary/aromatic N) is 2. The Morgan fingerprint density at radius 2 is 1.96 bits per heavy atom. The van der Waals surface area contributed by atoms with E-state index in [2.05, 4.69) is 11.8 Å². The molecule has 6 heteroatoms. The van der Waals surface area contributed by atoms with Gasteiger partial charge in [-0.1, -0.05) is 13.3 Å². The van der Waals surface area contributed by atoms with Crippen LogP contribution in [0.2, 0.25) is 0 Å². The molecule has 0 unspecified atom stereocenters. The first-order chi connectivity index (χ1) is 12.7. The van der Waals surface area contributed by atoms with Gasteiger partial charge in [0.25, 0.3) is 0 Å². The second-order valence-electron chi connectivity index (χ2n) is 7.17. The van der Waals surface area contributed by atoms with E-state index in [4.69, 9.17) is 9.47 Å². The van der Waals surface area contributed by atoms with E-state index >= 15 is 0 Å². The molecule has 3 rings (SSSR count). The van der Waals surface area contributed by atoms with Gasteiger partial charge in [0.1, 0.15) is 30.9 Å². The first kappa shape index (κ1) is 19.1. The highest BCUT2D eigenvalue weighted by atomic mass is 19.1. The van der Waals surface area contributed by atoms with E-state index in [0.717, 1.165) is 32.5 Å². The maximum atomic E-state index is 13.0. The molecule has 1 aromatic rings. The second kappa shape index (κ2) is 9.33. The third-order valence-corrected chi connectivity index (χ3v) is 5.24. The standard InChI is InChI=1S/C20H29FN2O3/c1-2-3-10-22-11-8-17(9-12-22)23-13-19(26-15-20(23)24)14-25-18-6-4-16(21)5-7-18/h4-7,17,19H,2-3,8-15H2,1H3/t19-/m1/s1. The van der Waals surface area contributed by atoms with Gasteiger partial charge in [0.15, 0.2) is 0 Å². The van der Waals surface area contributed by atoms with Gasteiger partial charge in [0, 0.05) is 19.1 Å². The fourth-order valence-electron chi connectivity index (χ4n) is 3.66. The highest BCUT2D eigenvalue weighted by Gasteiger charge is 2.33. The van der Waals surface area contributed by atoms with E-state index in [-0.39, 0.29) is 24.4 Å². The van der Waals surface area contributed by atoms with Gasteiger partial charge in [0.2, 0.25) is 5.91 Å². The summed E-state index contributed by atoms with van der Waals surface area (Å²) < 4.78 is 24.3. The number of morpholine rings is 1. The molecule has 1 atom stereocenters. The van der Waals surface area contributed by atoms with Crippen LogP contribution in [-0.4, -0.2) is 67.2 Å². The Balaban J connectivity index is 1.47. The maximum Gasteiger partial charge on any atom is 0.248 e. The Kier molecular flexibility index (Phi) is 6.86. The van der Waals surface area contributed by atoms with Gasteiger partial charge in [-0.25, -0.2) is 4.39 Å². The normalized spacial score (nSPS) is 22.6. The average molecular weight is 364 g/mol. The van der Waals surface area contributed by atoms with Gasteiger partial charge in [-0.15, -0.1) is 0 Å². The summed E-state index contributed by atoms with van der Waals surface area (Å²) in [6, 6.07) is 6.26. The van der Waals surface area contributed by atoms with Gasteiger partial charge in [-0.05, 0) is 50.1 Å². The summed E-state index contributed by atoms with van der Waals surface area (Å²) in [4.78, 5) is 16.8. The first-order valence-corrected chi connectivity index (χ1v) is 9.67. The predicted molar refractivity (Wildman–Crippen MR) is 97.7 cm³/mol. The van der Waals surface area contributed by atoms with Gasteiger partial charge < -0.3 is 19.3 Å². The summed E-state index contributed by atoms with van der Waals surface area (Å²) >= 11 is 0. The molecule has 0 bridgehead atoms. The number of rotatable bonds is 7. The lowest BCUT2D eigenvalue weighted by atomic mass is 10.0. The molecule has 0 N–H and O–H groups in total. The number of unbranched alkanes of at least 4 members (excludes halogenated alkanes) is 1. The van der Waals surface area contributed by atoms with E-state index in [0.29, 0.717) is 24.9 Å². The monoisotopic (exact) mass is 364 g/mol. The quantitative estimate of drug-likeness (QED) is 0.746. The molecule has 26 heavy (non-hydrogen) atoms. The number of ether oxygens (including phenoxy) is 2. The minimum atomic E-state index is -0.284. The lowest BCUT2D eigenvalue weighted by Crippen LogP contribution is -2.55. The van der Waals surface area contributed by atoms with E-state index in [1.807, 2.05) is 4.90 Å². The van der Waals surface area contributed by atoms with E-state index in [1.165, 1.54) is 25.0 Å². The molecule has 2 heterocycles. The molecule has 2 fully saturated rings. The van der Waals surface area contributed by atoms with Crippen LogP contribution in [0.3, 0.4) is 0 Å². The molecule has 2 aliphatic rings. The number of amides is 1. The number of hydrogen-bond acceptors (Lipinski definition) is 4. The molecule has 0 spiro atoms. The minimum absolute atomic E-state index is 0.0787. The van der Waals surface area contributed by atoms with Crippen LogP contribution in [0.4, 0.5) is 4.39 Å². The average Bonchev–Trinajstić information content (AvgIpc) is 2.67. The van der Waals surface area contributed by atoms with E-state index in [9.17, 15) is 9.18 Å². The lowest BCUT2D eigenvalue weighted by molar-refractivity contribution is -0.155. The topological polar surface area (TPSA) is 42.0 Å². The summed E-state index contributed by atoms with van der Waals surface area (Å²) in [5.41, 5.74) is 0. The van der Waals surface area contributed by atoms with Crippen molar-refractivity contribution in [2.24, 2.45) is 0 Å². The molecular formula is C20H29FN2O3. The van der Waals surface area contributed by atoms with Crippen LogP contribution >= 0.6 is 0 Å². The molecule has 0 radical (unpaired) electrons.